The second-order valence-corrected chi connectivity index (χ2v) is 9.54. The number of ether oxygens (including phenoxy) is 2. The summed E-state index contributed by atoms with van der Waals surface area (Å²) in [5.41, 5.74) is 0.941. The van der Waals surface area contributed by atoms with E-state index in [-0.39, 0.29) is 11.9 Å². The minimum atomic E-state index is -0.245. The largest absolute Gasteiger partial charge is 0.423 e. The number of aryl methyl sites for hydroxylation is 1. The van der Waals surface area contributed by atoms with Gasteiger partial charge in [0.1, 0.15) is 0 Å². The second kappa shape index (κ2) is 20.5. The molecule has 34 heavy (non-hydrogen) atoms. The van der Waals surface area contributed by atoms with Crippen molar-refractivity contribution in [2.75, 3.05) is 0 Å². The first-order valence-electron chi connectivity index (χ1n) is 14.2. The molecular formula is C30H50O4. The zero-order valence-corrected chi connectivity index (χ0v) is 22.3. The Morgan fingerprint density at radius 2 is 1.06 bits per heavy atom. The first-order chi connectivity index (χ1) is 16.6. The van der Waals surface area contributed by atoms with Gasteiger partial charge in [0.2, 0.25) is 0 Å². The van der Waals surface area contributed by atoms with E-state index in [2.05, 4.69) is 20.8 Å². The molecule has 4 nitrogen and oxygen atoms in total. The number of carbonyl (C=O) groups is 2. The van der Waals surface area contributed by atoms with Crippen LogP contribution < -0.4 is 9.47 Å². The lowest BCUT2D eigenvalue weighted by Gasteiger charge is -2.15. The van der Waals surface area contributed by atoms with Crippen molar-refractivity contribution in [1.82, 2.24) is 0 Å². The van der Waals surface area contributed by atoms with Gasteiger partial charge in [-0.05, 0) is 37.3 Å². The summed E-state index contributed by atoms with van der Waals surface area (Å²) in [5.74, 6) is 0.346. The molecule has 0 fully saturated rings. The Labute approximate surface area is 209 Å². The van der Waals surface area contributed by atoms with Gasteiger partial charge >= 0.3 is 11.9 Å². The second-order valence-electron chi connectivity index (χ2n) is 9.54. The van der Waals surface area contributed by atoms with E-state index in [9.17, 15) is 9.59 Å². The van der Waals surface area contributed by atoms with Gasteiger partial charge in [0.25, 0.3) is 0 Å². The van der Waals surface area contributed by atoms with Crippen molar-refractivity contribution in [2.24, 2.45) is 0 Å². The molecule has 0 bridgehead atoms. The van der Waals surface area contributed by atoms with Crippen molar-refractivity contribution in [2.45, 2.75) is 143 Å². The Kier molecular flexibility index (Phi) is 18.2. The molecule has 0 saturated carbocycles. The normalized spacial score (nSPS) is 10.9. The van der Waals surface area contributed by atoms with Gasteiger partial charge in [0.05, 0.1) is 0 Å². The van der Waals surface area contributed by atoms with Crippen molar-refractivity contribution in [3.63, 3.8) is 0 Å². The Bertz CT molecular complexity index is 668. The number of benzene rings is 1. The van der Waals surface area contributed by atoms with E-state index < -0.39 is 0 Å². The van der Waals surface area contributed by atoms with Crippen molar-refractivity contribution in [1.29, 1.82) is 0 Å². The molecule has 0 N–H and O–H groups in total. The fourth-order valence-electron chi connectivity index (χ4n) is 4.11. The molecule has 0 spiro atoms. The predicted octanol–water partition coefficient (Wildman–Crippen LogP) is 9.12. The smallest absolute Gasteiger partial charge is 0.311 e. The van der Waals surface area contributed by atoms with Crippen LogP contribution in [0, 0.1) is 0 Å². The first-order valence-corrected chi connectivity index (χ1v) is 14.2. The Balaban J connectivity index is 2.57. The van der Waals surface area contributed by atoms with Gasteiger partial charge in [-0.15, -0.1) is 0 Å². The van der Waals surface area contributed by atoms with Crippen LogP contribution in [0.3, 0.4) is 0 Å². The maximum absolute atomic E-state index is 12.6. The van der Waals surface area contributed by atoms with E-state index in [4.69, 9.17) is 9.47 Å². The lowest BCUT2D eigenvalue weighted by atomic mass is 10.1. The number of hydrogen-bond acceptors (Lipinski definition) is 4. The highest BCUT2D eigenvalue weighted by molar-refractivity contribution is 5.76. The van der Waals surface area contributed by atoms with Gasteiger partial charge in [0, 0.05) is 12.8 Å². The number of hydrogen-bond donors (Lipinski definition) is 0. The summed E-state index contributed by atoms with van der Waals surface area (Å²) in [7, 11) is 0. The van der Waals surface area contributed by atoms with E-state index in [1.807, 2.05) is 12.1 Å². The first kappa shape index (κ1) is 30.2. The van der Waals surface area contributed by atoms with Crippen LogP contribution >= 0.6 is 0 Å². The third-order valence-electron chi connectivity index (χ3n) is 6.27. The van der Waals surface area contributed by atoms with Gasteiger partial charge in [-0.25, -0.2) is 0 Å². The SMILES string of the molecule is CCCCCCCCCC(=O)Oc1cccc(CCCC)c1OC(=O)CCCCCCCCC. The van der Waals surface area contributed by atoms with Crippen LogP contribution in [0.5, 0.6) is 11.5 Å². The van der Waals surface area contributed by atoms with Gasteiger partial charge < -0.3 is 9.47 Å². The molecular weight excluding hydrogens is 424 g/mol. The highest BCUT2D eigenvalue weighted by Gasteiger charge is 2.17. The summed E-state index contributed by atoms with van der Waals surface area (Å²) in [5, 5.41) is 0. The van der Waals surface area contributed by atoms with Gasteiger partial charge in [-0.3, -0.25) is 9.59 Å². The standard InChI is InChI=1S/C30H50O4/c1-4-7-10-12-14-16-18-24-28(31)33-27-23-20-22-26(21-9-6-3)30(27)34-29(32)25-19-17-15-13-11-8-5-2/h20,22-23H,4-19,21,24-25H2,1-3H3. The molecule has 4 heteroatoms. The van der Waals surface area contributed by atoms with Crippen LogP contribution in [-0.2, 0) is 16.0 Å². The lowest BCUT2D eigenvalue weighted by molar-refractivity contribution is -0.137. The van der Waals surface area contributed by atoms with Gasteiger partial charge in [0.15, 0.2) is 11.5 Å². The third-order valence-corrected chi connectivity index (χ3v) is 6.27. The zero-order chi connectivity index (χ0) is 24.9. The number of rotatable bonds is 21. The Morgan fingerprint density at radius 3 is 1.59 bits per heavy atom. The summed E-state index contributed by atoms with van der Waals surface area (Å²) >= 11 is 0. The summed E-state index contributed by atoms with van der Waals surface area (Å²) < 4.78 is 11.5. The third kappa shape index (κ3) is 14.4. The molecule has 1 aromatic rings. The number of para-hydroxylation sites is 1. The van der Waals surface area contributed by atoms with Crippen molar-refractivity contribution in [3.05, 3.63) is 23.8 Å². The molecule has 1 aromatic carbocycles. The summed E-state index contributed by atoms with van der Waals surface area (Å²) in [6, 6.07) is 5.60. The van der Waals surface area contributed by atoms with Crippen LogP contribution in [0.1, 0.15) is 142 Å². The van der Waals surface area contributed by atoms with Crippen molar-refractivity contribution in [3.8, 4) is 11.5 Å². The average Bonchev–Trinajstić information content (AvgIpc) is 2.83. The molecule has 0 amide bonds. The minimum absolute atomic E-state index is 0.234. The summed E-state index contributed by atoms with van der Waals surface area (Å²) in [6.45, 7) is 6.57. The number of carbonyl (C=O) groups excluding carboxylic acids is 2. The molecule has 0 aromatic heterocycles. The van der Waals surface area contributed by atoms with Crippen LogP contribution in [0.2, 0.25) is 0 Å². The highest BCUT2D eigenvalue weighted by Crippen LogP contribution is 2.33. The quantitative estimate of drug-likeness (QED) is 0.101. The molecule has 0 aliphatic heterocycles. The topological polar surface area (TPSA) is 52.6 Å². The highest BCUT2D eigenvalue weighted by atomic mass is 16.6. The van der Waals surface area contributed by atoms with Crippen LogP contribution in [0.4, 0.5) is 0 Å². The van der Waals surface area contributed by atoms with E-state index >= 15 is 0 Å². The maximum atomic E-state index is 12.6. The van der Waals surface area contributed by atoms with E-state index in [1.165, 1.54) is 64.2 Å². The molecule has 0 aliphatic carbocycles. The predicted molar refractivity (Wildman–Crippen MR) is 142 cm³/mol. The summed E-state index contributed by atoms with van der Waals surface area (Å²) in [4.78, 5) is 25.0. The molecule has 0 aliphatic rings. The monoisotopic (exact) mass is 474 g/mol. The summed E-state index contributed by atoms with van der Waals surface area (Å²) in [6.07, 6.45) is 19.9. The van der Waals surface area contributed by atoms with Crippen molar-refractivity contribution >= 4 is 11.9 Å². The fraction of sp³-hybridized carbons (Fsp3) is 0.733. The van der Waals surface area contributed by atoms with Crippen LogP contribution in [-0.4, -0.2) is 11.9 Å². The molecule has 194 valence electrons. The molecule has 0 unspecified atom stereocenters. The molecule has 1 rings (SSSR count). The number of esters is 2. The van der Waals surface area contributed by atoms with E-state index in [0.717, 1.165) is 50.5 Å². The zero-order valence-electron chi connectivity index (χ0n) is 22.3. The Morgan fingerprint density at radius 1 is 0.588 bits per heavy atom. The molecule has 0 radical (unpaired) electrons. The van der Waals surface area contributed by atoms with Crippen LogP contribution in [0.25, 0.3) is 0 Å². The van der Waals surface area contributed by atoms with Gasteiger partial charge in [-0.2, -0.15) is 0 Å². The van der Waals surface area contributed by atoms with E-state index in [1.54, 1.807) is 6.07 Å². The lowest BCUT2D eigenvalue weighted by Crippen LogP contribution is -2.13. The Hall–Kier alpha value is -1.84. The minimum Gasteiger partial charge on any atom is -0.423 e. The molecule has 0 heterocycles. The van der Waals surface area contributed by atoms with Crippen LogP contribution in [0.15, 0.2) is 18.2 Å². The maximum Gasteiger partial charge on any atom is 0.311 e. The average molecular weight is 475 g/mol. The fourth-order valence-corrected chi connectivity index (χ4v) is 4.11. The van der Waals surface area contributed by atoms with E-state index in [0.29, 0.717) is 24.3 Å². The number of unbranched alkanes of at least 4 members (excludes halogenated alkanes) is 13. The molecule has 0 saturated heterocycles. The molecule has 0 atom stereocenters. The van der Waals surface area contributed by atoms with Gasteiger partial charge in [-0.1, -0.05) is 116 Å². The van der Waals surface area contributed by atoms with Crippen molar-refractivity contribution < 1.29 is 19.1 Å².